The van der Waals surface area contributed by atoms with E-state index in [2.05, 4.69) is 9.71 Å². The number of ether oxygens (including phenoxy) is 1. The standard InChI is InChI=1S/C21H22N2O4S/c1-3-26-18-8-6-17(7-9-18)22-14-19-10-11-20(27-19)15-23-28(24,25)21-12-4-16(2)5-13-21/h4-14,23H,3,15H2,1-2H3. The van der Waals surface area contributed by atoms with Gasteiger partial charge in [-0.2, -0.15) is 0 Å². The topological polar surface area (TPSA) is 80.9 Å². The van der Waals surface area contributed by atoms with E-state index in [4.69, 9.17) is 9.15 Å². The first-order valence-electron chi connectivity index (χ1n) is 8.88. The zero-order valence-electron chi connectivity index (χ0n) is 15.8. The minimum absolute atomic E-state index is 0.0626. The Morgan fingerprint density at radius 2 is 1.75 bits per heavy atom. The van der Waals surface area contributed by atoms with Crippen molar-refractivity contribution in [3.63, 3.8) is 0 Å². The zero-order valence-corrected chi connectivity index (χ0v) is 16.6. The molecule has 2 aromatic carbocycles. The number of furan rings is 1. The van der Waals surface area contributed by atoms with Gasteiger partial charge in [0.1, 0.15) is 17.3 Å². The Balaban J connectivity index is 1.60. The van der Waals surface area contributed by atoms with E-state index in [1.165, 1.54) is 0 Å². The predicted molar refractivity (Wildman–Crippen MR) is 109 cm³/mol. The number of aliphatic imine (C=N–C) groups is 1. The summed E-state index contributed by atoms with van der Waals surface area (Å²) < 4.78 is 38.2. The van der Waals surface area contributed by atoms with E-state index in [-0.39, 0.29) is 11.4 Å². The molecule has 0 unspecified atom stereocenters. The number of nitrogens with zero attached hydrogens (tertiary/aromatic N) is 1. The second kappa shape index (κ2) is 8.86. The van der Waals surface area contributed by atoms with Crippen LogP contribution in [0.25, 0.3) is 0 Å². The maximum atomic E-state index is 12.3. The van der Waals surface area contributed by atoms with Crippen LogP contribution in [0.2, 0.25) is 0 Å². The van der Waals surface area contributed by atoms with Crippen molar-refractivity contribution >= 4 is 21.9 Å². The Kier molecular flexibility index (Phi) is 6.28. The lowest BCUT2D eigenvalue weighted by Crippen LogP contribution is -2.22. The first kappa shape index (κ1) is 19.9. The van der Waals surface area contributed by atoms with Gasteiger partial charge >= 0.3 is 0 Å². The predicted octanol–water partition coefficient (Wildman–Crippen LogP) is 4.22. The minimum atomic E-state index is -3.59. The van der Waals surface area contributed by atoms with Crippen LogP contribution < -0.4 is 9.46 Å². The van der Waals surface area contributed by atoms with Crippen molar-refractivity contribution in [2.45, 2.75) is 25.3 Å². The van der Waals surface area contributed by atoms with Crippen molar-refractivity contribution in [2.75, 3.05) is 6.61 Å². The highest BCUT2D eigenvalue weighted by atomic mass is 32.2. The average molecular weight is 398 g/mol. The Bertz CT molecular complexity index is 1040. The highest BCUT2D eigenvalue weighted by Crippen LogP contribution is 2.18. The van der Waals surface area contributed by atoms with Crippen molar-refractivity contribution in [1.82, 2.24) is 4.72 Å². The lowest BCUT2D eigenvalue weighted by molar-refractivity contribution is 0.340. The van der Waals surface area contributed by atoms with Crippen molar-refractivity contribution in [3.8, 4) is 5.75 Å². The minimum Gasteiger partial charge on any atom is -0.494 e. The maximum absolute atomic E-state index is 12.3. The fourth-order valence-electron chi connectivity index (χ4n) is 2.46. The van der Waals surface area contributed by atoms with Crippen molar-refractivity contribution in [3.05, 3.63) is 77.7 Å². The Morgan fingerprint density at radius 1 is 1.04 bits per heavy atom. The van der Waals surface area contributed by atoms with Crippen LogP contribution in [0.4, 0.5) is 5.69 Å². The largest absolute Gasteiger partial charge is 0.494 e. The normalized spacial score (nSPS) is 11.8. The molecule has 0 atom stereocenters. The second-order valence-corrected chi connectivity index (χ2v) is 7.89. The van der Waals surface area contributed by atoms with E-state index in [0.717, 1.165) is 17.0 Å². The van der Waals surface area contributed by atoms with Gasteiger partial charge in [0.2, 0.25) is 10.0 Å². The van der Waals surface area contributed by atoms with E-state index in [0.29, 0.717) is 18.1 Å². The average Bonchev–Trinajstić information content (AvgIpc) is 3.15. The van der Waals surface area contributed by atoms with Gasteiger partial charge in [0.15, 0.2) is 0 Å². The van der Waals surface area contributed by atoms with E-state index in [1.807, 2.05) is 38.1 Å². The fourth-order valence-corrected chi connectivity index (χ4v) is 3.45. The van der Waals surface area contributed by atoms with Gasteiger partial charge in [-0.05, 0) is 62.4 Å². The quantitative estimate of drug-likeness (QED) is 0.576. The molecule has 0 saturated heterocycles. The number of hydrogen-bond donors (Lipinski definition) is 1. The molecule has 1 aromatic heterocycles. The van der Waals surface area contributed by atoms with E-state index < -0.39 is 10.0 Å². The van der Waals surface area contributed by atoms with Gasteiger partial charge in [-0.3, -0.25) is 4.99 Å². The van der Waals surface area contributed by atoms with E-state index in [1.54, 1.807) is 42.6 Å². The van der Waals surface area contributed by atoms with Crippen LogP contribution >= 0.6 is 0 Å². The molecule has 3 rings (SSSR count). The molecule has 6 nitrogen and oxygen atoms in total. The van der Waals surface area contributed by atoms with Gasteiger partial charge in [-0.25, -0.2) is 13.1 Å². The summed E-state index contributed by atoms with van der Waals surface area (Å²) in [5.41, 5.74) is 1.77. The van der Waals surface area contributed by atoms with Gasteiger partial charge in [-0.15, -0.1) is 0 Å². The molecule has 0 saturated carbocycles. The van der Waals surface area contributed by atoms with Crippen LogP contribution in [0, 0.1) is 6.92 Å². The van der Waals surface area contributed by atoms with Gasteiger partial charge in [-0.1, -0.05) is 17.7 Å². The van der Waals surface area contributed by atoms with Crippen LogP contribution in [-0.2, 0) is 16.6 Å². The fraction of sp³-hybridized carbons (Fsp3) is 0.190. The number of nitrogens with one attached hydrogen (secondary N) is 1. The first-order valence-corrected chi connectivity index (χ1v) is 10.4. The molecule has 146 valence electrons. The maximum Gasteiger partial charge on any atom is 0.240 e. The molecule has 0 amide bonds. The molecule has 3 aromatic rings. The summed E-state index contributed by atoms with van der Waals surface area (Å²) in [5.74, 6) is 1.84. The smallest absolute Gasteiger partial charge is 0.240 e. The molecular formula is C21H22N2O4S. The Morgan fingerprint density at radius 3 is 2.43 bits per heavy atom. The van der Waals surface area contributed by atoms with Gasteiger partial charge in [0, 0.05) is 0 Å². The molecule has 0 aliphatic heterocycles. The highest BCUT2D eigenvalue weighted by molar-refractivity contribution is 7.89. The molecule has 0 aliphatic carbocycles. The van der Waals surface area contributed by atoms with E-state index >= 15 is 0 Å². The molecule has 0 radical (unpaired) electrons. The molecule has 0 fully saturated rings. The Hall–Kier alpha value is -2.90. The number of sulfonamides is 1. The summed E-state index contributed by atoms with van der Waals surface area (Å²) in [4.78, 5) is 4.57. The lowest BCUT2D eigenvalue weighted by atomic mass is 10.2. The molecule has 28 heavy (non-hydrogen) atoms. The van der Waals surface area contributed by atoms with Crippen LogP contribution in [0.15, 0.2) is 75.0 Å². The summed E-state index contributed by atoms with van der Waals surface area (Å²) in [6.07, 6.45) is 1.59. The summed E-state index contributed by atoms with van der Waals surface area (Å²) in [6, 6.07) is 17.5. The number of benzene rings is 2. The lowest BCUT2D eigenvalue weighted by Gasteiger charge is -2.05. The van der Waals surface area contributed by atoms with Crippen LogP contribution in [-0.4, -0.2) is 21.2 Å². The van der Waals surface area contributed by atoms with Gasteiger partial charge < -0.3 is 9.15 Å². The monoisotopic (exact) mass is 398 g/mol. The molecule has 7 heteroatoms. The van der Waals surface area contributed by atoms with Gasteiger partial charge in [0.05, 0.1) is 29.9 Å². The third-order valence-corrected chi connectivity index (χ3v) is 5.36. The number of aryl methyl sites for hydroxylation is 1. The summed E-state index contributed by atoms with van der Waals surface area (Å²) >= 11 is 0. The van der Waals surface area contributed by atoms with Crippen LogP contribution in [0.5, 0.6) is 5.75 Å². The molecule has 0 bridgehead atoms. The third-order valence-electron chi connectivity index (χ3n) is 3.94. The van der Waals surface area contributed by atoms with Crippen molar-refractivity contribution in [2.24, 2.45) is 4.99 Å². The molecule has 1 N–H and O–H groups in total. The van der Waals surface area contributed by atoms with Crippen LogP contribution in [0.3, 0.4) is 0 Å². The summed E-state index contributed by atoms with van der Waals surface area (Å²) in [6.45, 7) is 4.52. The van der Waals surface area contributed by atoms with Gasteiger partial charge in [0.25, 0.3) is 0 Å². The highest BCUT2D eigenvalue weighted by Gasteiger charge is 2.14. The zero-order chi connectivity index (χ0) is 20.0. The Labute approximate surface area is 164 Å². The molecular weight excluding hydrogens is 376 g/mol. The molecule has 0 spiro atoms. The van der Waals surface area contributed by atoms with Crippen molar-refractivity contribution in [1.29, 1.82) is 0 Å². The summed E-state index contributed by atoms with van der Waals surface area (Å²) in [5, 5.41) is 0. The SMILES string of the molecule is CCOc1ccc(N=Cc2ccc(CNS(=O)(=O)c3ccc(C)cc3)o2)cc1. The number of hydrogen-bond acceptors (Lipinski definition) is 5. The van der Waals surface area contributed by atoms with Crippen molar-refractivity contribution < 1.29 is 17.6 Å². The second-order valence-electron chi connectivity index (χ2n) is 6.13. The van der Waals surface area contributed by atoms with Crippen LogP contribution in [0.1, 0.15) is 24.0 Å². The molecule has 1 heterocycles. The van der Waals surface area contributed by atoms with E-state index in [9.17, 15) is 8.42 Å². The number of rotatable bonds is 8. The third kappa shape index (κ3) is 5.31. The molecule has 0 aliphatic rings. The first-order chi connectivity index (χ1) is 13.5. The summed E-state index contributed by atoms with van der Waals surface area (Å²) in [7, 11) is -3.59.